The molecule has 102 valence electrons. The van der Waals surface area contributed by atoms with Crippen LogP contribution in [0, 0.1) is 6.92 Å². The molecule has 1 heterocycles. The van der Waals surface area contributed by atoms with E-state index in [-0.39, 0.29) is 6.04 Å². The van der Waals surface area contributed by atoms with E-state index in [0.717, 1.165) is 23.6 Å². The zero-order chi connectivity index (χ0) is 13.7. The molecule has 19 heavy (non-hydrogen) atoms. The van der Waals surface area contributed by atoms with E-state index in [0.29, 0.717) is 6.61 Å². The second-order valence-corrected chi connectivity index (χ2v) is 4.76. The highest BCUT2D eigenvalue weighted by atomic mass is 16.5. The molecule has 0 aliphatic heterocycles. The number of rotatable bonds is 6. The van der Waals surface area contributed by atoms with Crippen LogP contribution in [0.25, 0.3) is 0 Å². The Morgan fingerprint density at radius 2 is 2.16 bits per heavy atom. The summed E-state index contributed by atoms with van der Waals surface area (Å²) in [5, 5.41) is 3.48. The second-order valence-electron chi connectivity index (χ2n) is 4.76. The molecular formula is C16H21NO2. The van der Waals surface area contributed by atoms with E-state index in [1.54, 1.807) is 6.26 Å². The van der Waals surface area contributed by atoms with Crippen LogP contribution in [0.15, 0.2) is 41.0 Å². The number of nitrogens with one attached hydrogen (secondary N) is 1. The lowest BCUT2D eigenvalue weighted by atomic mass is 10.1. The number of anilines is 1. The molecule has 3 heteroatoms. The Bertz CT molecular complexity index is 505. The van der Waals surface area contributed by atoms with E-state index in [4.69, 9.17) is 9.15 Å². The zero-order valence-electron chi connectivity index (χ0n) is 11.8. The third-order valence-corrected chi connectivity index (χ3v) is 2.93. The Labute approximate surface area is 114 Å². The van der Waals surface area contributed by atoms with Crippen molar-refractivity contribution in [3.63, 3.8) is 0 Å². The van der Waals surface area contributed by atoms with Gasteiger partial charge in [-0.2, -0.15) is 0 Å². The van der Waals surface area contributed by atoms with Crippen molar-refractivity contribution in [2.45, 2.75) is 33.2 Å². The molecule has 0 saturated heterocycles. The lowest BCUT2D eigenvalue weighted by Crippen LogP contribution is -2.18. The number of ether oxygens (including phenoxy) is 1. The lowest BCUT2D eigenvalue weighted by molar-refractivity contribution is 0.341. The number of benzene rings is 1. The second kappa shape index (κ2) is 6.32. The maximum Gasteiger partial charge on any atom is 0.142 e. The monoisotopic (exact) mass is 259 g/mol. The Hall–Kier alpha value is -1.90. The maximum absolute atomic E-state index is 5.67. The van der Waals surface area contributed by atoms with Crippen molar-refractivity contribution < 1.29 is 9.15 Å². The summed E-state index contributed by atoms with van der Waals surface area (Å²) in [6.45, 7) is 6.87. The van der Waals surface area contributed by atoms with Gasteiger partial charge in [-0.15, -0.1) is 0 Å². The molecule has 0 radical (unpaired) electrons. The molecule has 0 aliphatic carbocycles. The first-order chi connectivity index (χ1) is 9.19. The number of hydrogen-bond donors (Lipinski definition) is 1. The molecule has 1 N–H and O–H groups in total. The van der Waals surface area contributed by atoms with Crippen LogP contribution in [0.4, 0.5) is 5.69 Å². The molecular weight excluding hydrogens is 238 g/mol. The van der Waals surface area contributed by atoms with E-state index in [1.165, 1.54) is 5.56 Å². The highest BCUT2D eigenvalue weighted by Gasteiger charge is 2.09. The predicted molar refractivity (Wildman–Crippen MR) is 77.8 cm³/mol. The van der Waals surface area contributed by atoms with Gasteiger partial charge in [0.2, 0.25) is 0 Å². The highest BCUT2D eigenvalue weighted by Crippen LogP contribution is 2.26. The molecule has 0 fully saturated rings. The summed E-state index contributed by atoms with van der Waals surface area (Å²) >= 11 is 0. The van der Waals surface area contributed by atoms with Gasteiger partial charge in [0.1, 0.15) is 11.5 Å². The minimum absolute atomic E-state index is 0.285. The summed E-state index contributed by atoms with van der Waals surface area (Å²) in [6.07, 6.45) is 2.56. The summed E-state index contributed by atoms with van der Waals surface area (Å²) in [5.74, 6) is 1.90. The molecule has 1 aromatic heterocycles. The normalized spacial score (nSPS) is 12.2. The Morgan fingerprint density at radius 1 is 1.32 bits per heavy atom. The molecule has 0 bridgehead atoms. The van der Waals surface area contributed by atoms with E-state index in [9.17, 15) is 0 Å². The van der Waals surface area contributed by atoms with E-state index < -0.39 is 0 Å². The molecule has 0 amide bonds. The van der Waals surface area contributed by atoms with Crippen molar-refractivity contribution >= 4 is 5.69 Å². The number of aryl methyl sites for hydroxylation is 1. The minimum Gasteiger partial charge on any atom is -0.492 e. The van der Waals surface area contributed by atoms with Gasteiger partial charge < -0.3 is 14.5 Å². The molecule has 0 aliphatic rings. The SMILES string of the molecule is CCOc1cc(C)ccc1NC(C)Cc1ccco1. The van der Waals surface area contributed by atoms with Crippen LogP contribution in [-0.2, 0) is 6.42 Å². The average molecular weight is 259 g/mol. The van der Waals surface area contributed by atoms with Crippen LogP contribution < -0.4 is 10.1 Å². The molecule has 1 aromatic carbocycles. The van der Waals surface area contributed by atoms with Crippen molar-refractivity contribution in [1.82, 2.24) is 0 Å². The third kappa shape index (κ3) is 3.78. The number of furan rings is 1. The largest absolute Gasteiger partial charge is 0.492 e. The quantitative estimate of drug-likeness (QED) is 0.850. The fraction of sp³-hybridized carbons (Fsp3) is 0.375. The van der Waals surface area contributed by atoms with Crippen molar-refractivity contribution in [3.8, 4) is 5.75 Å². The lowest BCUT2D eigenvalue weighted by Gasteiger charge is -2.17. The first-order valence-electron chi connectivity index (χ1n) is 6.71. The molecule has 0 saturated carbocycles. The fourth-order valence-corrected chi connectivity index (χ4v) is 2.07. The molecule has 2 rings (SSSR count). The first-order valence-corrected chi connectivity index (χ1v) is 6.71. The van der Waals surface area contributed by atoms with Crippen molar-refractivity contribution in [3.05, 3.63) is 47.9 Å². The standard InChI is InChI=1S/C16H21NO2/c1-4-18-16-10-12(2)7-8-15(16)17-13(3)11-14-6-5-9-19-14/h5-10,13,17H,4,11H2,1-3H3. The van der Waals surface area contributed by atoms with Crippen molar-refractivity contribution in [1.29, 1.82) is 0 Å². The molecule has 0 spiro atoms. The Morgan fingerprint density at radius 3 is 2.84 bits per heavy atom. The van der Waals surface area contributed by atoms with Crippen LogP contribution in [0.3, 0.4) is 0 Å². The fourth-order valence-electron chi connectivity index (χ4n) is 2.07. The minimum atomic E-state index is 0.285. The van der Waals surface area contributed by atoms with Crippen LogP contribution in [0.2, 0.25) is 0 Å². The molecule has 1 unspecified atom stereocenters. The van der Waals surface area contributed by atoms with Gasteiger partial charge in [0.25, 0.3) is 0 Å². The van der Waals surface area contributed by atoms with Crippen LogP contribution in [0.5, 0.6) is 5.75 Å². The van der Waals surface area contributed by atoms with Gasteiger partial charge in [-0.3, -0.25) is 0 Å². The van der Waals surface area contributed by atoms with E-state index in [1.807, 2.05) is 19.1 Å². The van der Waals surface area contributed by atoms with Gasteiger partial charge in [-0.1, -0.05) is 6.07 Å². The van der Waals surface area contributed by atoms with Gasteiger partial charge in [0.05, 0.1) is 18.6 Å². The van der Waals surface area contributed by atoms with Gasteiger partial charge >= 0.3 is 0 Å². The summed E-state index contributed by atoms with van der Waals surface area (Å²) in [5.41, 5.74) is 2.24. The van der Waals surface area contributed by atoms with Crippen LogP contribution in [0.1, 0.15) is 25.2 Å². The third-order valence-electron chi connectivity index (χ3n) is 2.93. The van der Waals surface area contributed by atoms with E-state index in [2.05, 4.69) is 37.4 Å². The van der Waals surface area contributed by atoms with Crippen LogP contribution in [-0.4, -0.2) is 12.6 Å². The van der Waals surface area contributed by atoms with Gasteiger partial charge in [0, 0.05) is 12.5 Å². The summed E-state index contributed by atoms with van der Waals surface area (Å²) in [7, 11) is 0. The smallest absolute Gasteiger partial charge is 0.142 e. The molecule has 1 atom stereocenters. The van der Waals surface area contributed by atoms with Crippen LogP contribution >= 0.6 is 0 Å². The average Bonchev–Trinajstić information content (AvgIpc) is 2.86. The van der Waals surface area contributed by atoms with Gasteiger partial charge in [0.15, 0.2) is 0 Å². The van der Waals surface area contributed by atoms with Crippen molar-refractivity contribution in [2.24, 2.45) is 0 Å². The number of hydrogen-bond acceptors (Lipinski definition) is 3. The maximum atomic E-state index is 5.67. The first kappa shape index (κ1) is 13.5. The van der Waals surface area contributed by atoms with Crippen molar-refractivity contribution in [2.75, 3.05) is 11.9 Å². The molecule has 3 nitrogen and oxygen atoms in total. The van der Waals surface area contributed by atoms with Gasteiger partial charge in [-0.05, 0) is 50.6 Å². The molecule has 2 aromatic rings. The summed E-state index contributed by atoms with van der Waals surface area (Å²) < 4.78 is 11.0. The Balaban J connectivity index is 2.05. The van der Waals surface area contributed by atoms with Gasteiger partial charge in [-0.25, -0.2) is 0 Å². The predicted octanol–water partition coefficient (Wildman–Crippen LogP) is 4.03. The summed E-state index contributed by atoms with van der Waals surface area (Å²) in [4.78, 5) is 0. The zero-order valence-corrected chi connectivity index (χ0v) is 11.8. The Kier molecular flexibility index (Phi) is 4.50. The highest BCUT2D eigenvalue weighted by molar-refractivity contribution is 5.58. The van der Waals surface area contributed by atoms with E-state index >= 15 is 0 Å². The topological polar surface area (TPSA) is 34.4 Å². The summed E-state index contributed by atoms with van der Waals surface area (Å²) in [6, 6.07) is 10.4.